The van der Waals surface area contributed by atoms with Gasteiger partial charge in [0, 0.05) is 44.0 Å². The Balaban J connectivity index is 1.60. The molecule has 1 aliphatic heterocycles. The monoisotopic (exact) mass is 734 g/mol. The number of carbonyl (C=O) groups is 2. The van der Waals surface area contributed by atoms with E-state index in [1.54, 1.807) is 37.3 Å². The van der Waals surface area contributed by atoms with E-state index in [0.29, 0.717) is 19.4 Å². The van der Waals surface area contributed by atoms with Gasteiger partial charge in [0.2, 0.25) is 10.0 Å². The van der Waals surface area contributed by atoms with Gasteiger partial charge in [-0.1, -0.05) is 25.1 Å². The van der Waals surface area contributed by atoms with Crippen LogP contribution in [0.4, 0.5) is 29.3 Å². The van der Waals surface area contributed by atoms with E-state index in [0.717, 1.165) is 30.7 Å². The summed E-state index contributed by atoms with van der Waals surface area (Å²) in [5, 5.41) is 15.3. The Kier molecular flexibility index (Phi) is 13.5. The molecule has 0 bridgehead atoms. The second-order valence-corrected chi connectivity index (χ2v) is 14.8. The molecule has 0 unspecified atom stereocenters. The number of amides is 3. The molecule has 51 heavy (non-hydrogen) atoms. The summed E-state index contributed by atoms with van der Waals surface area (Å²) >= 11 is 0. The Bertz CT molecular complexity index is 1730. The van der Waals surface area contributed by atoms with E-state index < -0.39 is 51.8 Å². The molecule has 3 N–H and O–H groups in total. The largest absolute Gasteiger partial charge is 0.490 e. The zero-order valence-corrected chi connectivity index (χ0v) is 29.8. The van der Waals surface area contributed by atoms with Crippen LogP contribution in [0, 0.1) is 5.92 Å². The van der Waals surface area contributed by atoms with Gasteiger partial charge in [-0.25, -0.2) is 13.2 Å². The van der Waals surface area contributed by atoms with E-state index in [9.17, 15) is 36.3 Å². The van der Waals surface area contributed by atoms with Gasteiger partial charge >= 0.3 is 12.2 Å². The van der Waals surface area contributed by atoms with E-state index in [1.165, 1.54) is 34.5 Å². The first-order chi connectivity index (χ1) is 24.1. The topological polar surface area (TPSA) is 138 Å². The Morgan fingerprint density at radius 1 is 1.02 bits per heavy atom. The number of ether oxygens (including phenoxy) is 2. The summed E-state index contributed by atoms with van der Waals surface area (Å²) in [6, 6.07) is 15.2. The third kappa shape index (κ3) is 10.7. The average molecular weight is 735 g/mol. The van der Waals surface area contributed by atoms with Crippen LogP contribution < -0.4 is 15.4 Å². The van der Waals surface area contributed by atoms with Gasteiger partial charge in [0.1, 0.15) is 5.75 Å². The van der Waals surface area contributed by atoms with Crippen molar-refractivity contribution in [1.29, 1.82) is 0 Å². The second kappa shape index (κ2) is 17.4. The summed E-state index contributed by atoms with van der Waals surface area (Å²) in [4.78, 5) is 28.8. The van der Waals surface area contributed by atoms with Crippen LogP contribution in [-0.4, -0.2) is 86.3 Å². The van der Waals surface area contributed by atoms with E-state index >= 15 is 0 Å². The average Bonchev–Trinajstić information content (AvgIpc) is 3.09. The molecule has 0 radical (unpaired) electrons. The number of alkyl halides is 3. The van der Waals surface area contributed by atoms with Gasteiger partial charge in [-0.2, -0.15) is 17.5 Å². The first-order valence-electron chi connectivity index (χ1n) is 16.7. The molecule has 0 aliphatic carbocycles. The third-order valence-corrected chi connectivity index (χ3v) is 10.5. The summed E-state index contributed by atoms with van der Waals surface area (Å²) in [7, 11) is -2.34. The first kappa shape index (κ1) is 39.6. The quantitative estimate of drug-likeness (QED) is 0.242. The number of halogens is 3. The molecular weight excluding hydrogens is 689 g/mol. The third-order valence-electron chi connectivity index (χ3n) is 8.67. The maximum absolute atomic E-state index is 14.3. The lowest BCUT2D eigenvalue weighted by Gasteiger charge is -2.35. The smallest absolute Gasteiger partial charge is 0.416 e. The number of benzene rings is 3. The van der Waals surface area contributed by atoms with Crippen LogP contribution in [0.2, 0.25) is 0 Å². The molecule has 4 atom stereocenters. The number of carbonyl (C=O) groups excluding carboxylic acids is 2. The van der Waals surface area contributed by atoms with Crippen molar-refractivity contribution in [3.63, 3.8) is 0 Å². The van der Waals surface area contributed by atoms with Crippen molar-refractivity contribution in [2.75, 3.05) is 44.0 Å². The predicted molar refractivity (Wildman–Crippen MR) is 187 cm³/mol. The van der Waals surface area contributed by atoms with Crippen molar-refractivity contribution in [3.05, 3.63) is 83.9 Å². The lowest BCUT2D eigenvalue weighted by molar-refractivity contribution is -0.137. The van der Waals surface area contributed by atoms with E-state index in [1.807, 2.05) is 13.8 Å². The minimum absolute atomic E-state index is 0.0200. The highest BCUT2D eigenvalue weighted by Crippen LogP contribution is 2.31. The lowest BCUT2D eigenvalue weighted by atomic mass is 10.0. The number of aliphatic hydroxyl groups is 1. The predicted octanol–water partition coefficient (Wildman–Crippen LogP) is 6.47. The van der Waals surface area contributed by atoms with Crippen LogP contribution in [0.15, 0.2) is 77.7 Å². The van der Waals surface area contributed by atoms with Gasteiger partial charge in [0.25, 0.3) is 5.91 Å². The Morgan fingerprint density at radius 2 is 1.67 bits per heavy atom. The van der Waals surface area contributed by atoms with Crippen molar-refractivity contribution >= 4 is 33.3 Å². The number of nitrogens with zero attached hydrogens (tertiary/aromatic N) is 2. The zero-order chi connectivity index (χ0) is 37.3. The van der Waals surface area contributed by atoms with Crippen molar-refractivity contribution in [2.45, 2.75) is 69.4 Å². The van der Waals surface area contributed by atoms with E-state index in [-0.39, 0.29) is 53.4 Å². The van der Waals surface area contributed by atoms with E-state index in [2.05, 4.69) is 10.6 Å². The standard InChI is InChI=1S/C36H45F3N4O7S/c1-24-21-43(25(2)23-44)34(45)31-20-29(41-35(46)40-28-15-13-27(14-16-28)36(37,38)39)17-18-32(31)50-26(3)10-8-9-19-49-33(24)22-42(4)51(47,48)30-11-6-5-7-12-30/h5-7,11-18,20,24-26,33,44H,8-10,19,21-23H2,1-4H3,(H2,40,41,46)/t24-,25+,26+,33+/m0/s1. The number of nitrogens with one attached hydrogen (secondary N) is 2. The summed E-state index contributed by atoms with van der Waals surface area (Å²) in [5.41, 5.74) is -0.407. The fourth-order valence-corrected chi connectivity index (χ4v) is 6.83. The molecule has 0 aromatic heterocycles. The van der Waals surface area contributed by atoms with Crippen molar-refractivity contribution < 1.29 is 45.8 Å². The molecule has 1 heterocycles. The lowest BCUT2D eigenvalue weighted by Crippen LogP contribution is -2.48. The molecule has 0 saturated carbocycles. The van der Waals surface area contributed by atoms with E-state index in [4.69, 9.17) is 9.47 Å². The molecule has 0 fully saturated rings. The molecule has 15 heteroatoms. The number of aliphatic hydroxyl groups excluding tert-OH is 1. The number of rotatable bonds is 8. The Morgan fingerprint density at radius 3 is 2.31 bits per heavy atom. The molecule has 3 aromatic carbocycles. The minimum atomic E-state index is -4.52. The number of sulfonamides is 1. The van der Waals surface area contributed by atoms with Crippen LogP contribution in [0.5, 0.6) is 5.75 Å². The molecule has 11 nitrogen and oxygen atoms in total. The number of fused-ring (bicyclic) bond motifs is 1. The number of likely N-dealkylation sites (N-methyl/N-ethyl adjacent to an activating group) is 1. The second-order valence-electron chi connectivity index (χ2n) is 12.8. The summed E-state index contributed by atoms with van der Waals surface area (Å²) in [6.07, 6.45) is -3.37. The maximum atomic E-state index is 14.3. The summed E-state index contributed by atoms with van der Waals surface area (Å²) in [6.45, 7) is 5.51. The van der Waals surface area contributed by atoms with Gasteiger partial charge in [-0.05, 0) is 87.7 Å². The molecule has 278 valence electrons. The molecular formula is C36H45F3N4O7S. The highest BCUT2D eigenvalue weighted by Gasteiger charge is 2.33. The zero-order valence-electron chi connectivity index (χ0n) is 29.0. The van der Waals surface area contributed by atoms with Gasteiger partial charge in [0.05, 0.1) is 40.9 Å². The van der Waals surface area contributed by atoms with Crippen LogP contribution in [0.1, 0.15) is 56.0 Å². The van der Waals surface area contributed by atoms with Crippen LogP contribution >= 0.6 is 0 Å². The van der Waals surface area contributed by atoms with Crippen LogP contribution in [0.25, 0.3) is 0 Å². The SMILES string of the molecule is C[C@@H]1CCCCO[C@H](CN(C)S(=O)(=O)c2ccccc2)[C@@H](C)CN([C@H](C)CO)C(=O)c2cc(NC(=O)Nc3ccc(C(F)(F)F)cc3)ccc2O1. The molecule has 0 spiro atoms. The number of anilines is 2. The fraction of sp³-hybridized carbons (Fsp3) is 0.444. The highest BCUT2D eigenvalue weighted by atomic mass is 32.2. The molecule has 3 aromatic rings. The van der Waals surface area contributed by atoms with Crippen molar-refractivity contribution in [2.24, 2.45) is 5.92 Å². The van der Waals surface area contributed by atoms with Gasteiger partial charge in [-0.3, -0.25) is 4.79 Å². The molecule has 4 rings (SSSR count). The Labute approximate surface area is 296 Å². The number of hydrogen-bond donors (Lipinski definition) is 3. The fourth-order valence-electron chi connectivity index (χ4n) is 5.62. The maximum Gasteiger partial charge on any atom is 0.416 e. The Hall–Kier alpha value is -4.18. The molecule has 0 saturated heterocycles. The van der Waals surface area contributed by atoms with Crippen molar-refractivity contribution in [1.82, 2.24) is 9.21 Å². The van der Waals surface area contributed by atoms with Crippen LogP contribution in [0.3, 0.4) is 0 Å². The van der Waals surface area contributed by atoms with Crippen molar-refractivity contribution in [3.8, 4) is 5.75 Å². The van der Waals surface area contributed by atoms with Crippen LogP contribution in [-0.2, 0) is 20.9 Å². The summed E-state index contributed by atoms with van der Waals surface area (Å²) in [5.74, 6) is -0.626. The van der Waals surface area contributed by atoms with Gasteiger partial charge in [0.15, 0.2) is 0 Å². The number of urea groups is 1. The summed E-state index contributed by atoms with van der Waals surface area (Å²) < 4.78 is 79.3. The molecule has 3 amide bonds. The normalized spacial score (nSPS) is 20.1. The number of hydrogen-bond acceptors (Lipinski definition) is 7. The molecule has 1 aliphatic rings. The van der Waals surface area contributed by atoms with Gasteiger partial charge in [-0.15, -0.1) is 0 Å². The minimum Gasteiger partial charge on any atom is -0.490 e. The van der Waals surface area contributed by atoms with Gasteiger partial charge < -0.3 is 30.1 Å². The highest BCUT2D eigenvalue weighted by molar-refractivity contribution is 7.89. The first-order valence-corrected chi connectivity index (χ1v) is 18.1.